The largest absolute Gasteiger partial charge is 0.496 e. The third-order valence-corrected chi connectivity index (χ3v) is 5.15. The number of hydrogen-bond donors (Lipinski definition) is 0. The molecule has 0 spiro atoms. The van der Waals surface area contributed by atoms with Crippen LogP contribution in [0.15, 0.2) is 35.0 Å². The smallest absolute Gasteiger partial charge is 0.280 e. The van der Waals surface area contributed by atoms with Crippen molar-refractivity contribution < 1.29 is 14.1 Å². The van der Waals surface area contributed by atoms with Crippen LogP contribution in [0.4, 0.5) is 0 Å². The van der Waals surface area contributed by atoms with Gasteiger partial charge in [-0.15, -0.1) is 5.10 Å². The molecule has 1 saturated heterocycles. The maximum Gasteiger partial charge on any atom is 0.280 e. The number of piperidine rings is 1. The van der Waals surface area contributed by atoms with Gasteiger partial charge in [-0.2, -0.15) is 4.98 Å². The number of amides is 1. The Labute approximate surface area is 168 Å². The molecule has 4 rings (SSSR count). The highest BCUT2D eigenvalue weighted by Crippen LogP contribution is 2.27. The number of para-hydroxylation sites is 1. The van der Waals surface area contributed by atoms with E-state index >= 15 is 0 Å². The lowest BCUT2D eigenvalue weighted by Gasteiger charge is -2.32. The predicted molar refractivity (Wildman–Crippen MR) is 105 cm³/mol. The Balaban J connectivity index is 1.41. The molecule has 0 radical (unpaired) electrons. The van der Waals surface area contributed by atoms with Gasteiger partial charge >= 0.3 is 0 Å². The Morgan fingerprint density at radius 2 is 2.00 bits per heavy atom. The first kappa shape index (κ1) is 19.1. The van der Waals surface area contributed by atoms with Gasteiger partial charge in [-0.05, 0) is 25.0 Å². The summed E-state index contributed by atoms with van der Waals surface area (Å²) in [6, 6.07) is 7.48. The number of likely N-dealkylation sites (tertiary alicyclic amines) is 1. The highest BCUT2D eigenvalue weighted by Gasteiger charge is 2.27. The van der Waals surface area contributed by atoms with Crippen molar-refractivity contribution in [1.82, 2.24) is 30.0 Å². The molecule has 29 heavy (non-hydrogen) atoms. The van der Waals surface area contributed by atoms with E-state index in [1.807, 2.05) is 41.8 Å². The Morgan fingerprint density at radius 3 is 2.69 bits per heavy atom. The zero-order chi connectivity index (χ0) is 20.4. The van der Waals surface area contributed by atoms with Crippen LogP contribution in [0.25, 0.3) is 11.6 Å². The monoisotopic (exact) mass is 396 g/mol. The fraction of sp³-hybridized carbons (Fsp3) is 0.450. The number of rotatable bonds is 5. The van der Waals surface area contributed by atoms with Gasteiger partial charge in [-0.25, -0.2) is 4.68 Å². The highest BCUT2D eigenvalue weighted by molar-refractivity contribution is 5.97. The second kappa shape index (κ2) is 8.02. The van der Waals surface area contributed by atoms with E-state index in [1.165, 1.54) is 0 Å². The summed E-state index contributed by atoms with van der Waals surface area (Å²) in [6.07, 6.45) is 3.43. The van der Waals surface area contributed by atoms with Crippen molar-refractivity contribution in [2.45, 2.75) is 38.6 Å². The first-order valence-electron chi connectivity index (χ1n) is 9.75. The number of aromatic nitrogens is 5. The lowest BCUT2D eigenvalue weighted by molar-refractivity contribution is 0.0686. The van der Waals surface area contributed by atoms with Crippen LogP contribution in [-0.2, 0) is 0 Å². The van der Waals surface area contributed by atoms with E-state index < -0.39 is 0 Å². The molecule has 0 saturated carbocycles. The standard InChI is InChI=1S/C20H24N6O3/c1-13(2)18-21-19(29-23-18)16-12-26(24-22-16)14-8-10-25(11-9-14)20(27)15-6-4-5-7-17(15)28-3/h4-7,12-14H,8-11H2,1-3H3. The molecular formula is C20H24N6O3. The SMILES string of the molecule is COc1ccccc1C(=O)N1CCC(n2cc(-c3nc(C(C)C)no3)nn2)CC1. The average Bonchev–Trinajstić information content (AvgIpc) is 3.43. The minimum atomic E-state index is -0.00717. The summed E-state index contributed by atoms with van der Waals surface area (Å²) in [7, 11) is 1.58. The molecule has 1 amide bonds. The molecule has 0 atom stereocenters. The maximum atomic E-state index is 12.9. The van der Waals surface area contributed by atoms with Crippen molar-refractivity contribution in [2.75, 3.05) is 20.2 Å². The van der Waals surface area contributed by atoms with Crippen molar-refractivity contribution in [1.29, 1.82) is 0 Å². The molecule has 1 aliphatic heterocycles. The van der Waals surface area contributed by atoms with Gasteiger partial charge in [0.2, 0.25) is 0 Å². The second-order valence-corrected chi connectivity index (χ2v) is 7.42. The second-order valence-electron chi connectivity index (χ2n) is 7.42. The lowest BCUT2D eigenvalue weighted by Crippen LogP contribution is -2.39. The normalized spacial score (nSPS) is 15.1. The summed E-state index contributed by atoms with van der Waals surface area (Å²) in [5, 5.41) is 12.4. The number of nitrogens with zero attached hydrogens (tertiary/aromatic N) is 6. The Morgan fingerprint density at radius 1 is 1.24 bits per heavy atom. The van der Waals surface area contributed by atoms with Gasteiger partial charge in [-0.1, -0.05) is 36.4 Å². The molecule has 1 fully saturated rings. The molecule has 0 aliphatic carbocycles. The predicted octanol–water partition coefficient (Wildman–Crippen LogP) is 2.94. The summed E-state index contributed by atoms with van der Waals surface area (Å²) in [6.45, 7) is 5.31. The Bertz CT molecular complexity index is 988. The molecule has 2 aromatic heterocycles. The van der Waals surface area contributed by atoms with Gasteiger partial charge in [0, 0.05) is 19.0 Å². The van der Waals surface area contributed by atoms with E-state index in [-0.39, 0.29) is 17.9 Å². The lowest BCUT2D eigenvalue weighted by atomic mass is 10.0. The number of hydrogen-bond acceptors (Lipinski definition) is 7. The number of methoxy groups -OCH3 is 1. The van der Waals surface area contributed by atoms with Gasteiger partial charge < -0.3 is 14.2 Å². The molecule has 3 heterocycles. The molecular weight excluding hydrogens is 372 g/mol. The van der Waals surface area contributed by atoms with Crippen LogP contribution in [0, 0.1) is 0 Å². The average molecular weight is 396 g/mol. The van der Waals surface area contributed by atoms with Crippen LogP contribution >= 0.6 is 0 Å². The van der Waals surface area contributed by atoms with Crippen molar-refractivity contribution in [3.8, 4) is 17.3 Å². The van der Waals surface area contributed by atoms with Gasteiger partial charge in [0.25, 0.3) is 11.8 Å². The third-order valence-electron chi connectivity index (χ3n) is 5.15. The Kier molecular flexibility index (Phi) is 5.28. The highest BCUT2D eigenvalue weighted by atomic mass is 16.5. The zero-order valence-corrected chi connectivity index (χ0v) is 16.8. The molecule has 3 aromatic rings. The van der Waals surface area contributed by atoms with Crippen LogP contribution in [-0.4, -0.2) is 56.1 Å². The van der Waals surface area contributed by atoms with Gasteiger partial charge in [0.05, 0.1) is 24.9 Å². The number of ether oxygens (including phenoxy) is 1. The maximum absolute atomic E-state index is 12.9. The number of carbonyl (C=O) groups excluding carboxylic acids is 1. The minimum Gasteiger partial charge on any atom is -0.496 e. The summed E-state index contributed by atoms with van der Waals surface area (Å²) in [5.41, 5.74) is 1.16. The summed E-state index contributed by atoms with van der Waals surface area (Å²) < 4.78 is 12.4. The van der Waals surface area contributed by atoms with Crippen molar-refractivity contribution in [2.24, 2.45) is 0 Å². The molecule has 0 N–H and O–H groups in total. The fourth-order valence-corrected chi connectivity index (χ4v) is 3.45. The summed E-state index contributed by atoms with van der Waals surface area (Å²) >= 11 is 0. The molecule has 9 nitrogen and oxygen atoms in total. The van der Waals surface area contributed by atoms with E-state index in [2.05, 4.69) is 20.5 Å². The van der Waals surface area contributed by atoms with Gasteiger partial charge in [0.15, 0.2) is 11.5 Å². The van der Waals surface area contributed by atoms with Crippen LogP contribution in [0.3, 0.4) is 0 Å². The zero-order valence-electron chi connectivity index (χ0n) is 16.8. The van der Waals surface area contributed by atoms with Crippen molar-refractivity contribution in [3.05, 3.63) is 41.9 Å². The van der Waals surface area contributed by atoms with Gasteiger partial charge in [0.1, 0.15) is 5.75 Å². The quantitative estimate of drug-likeness (QED) is 0.654. The van der Waals surface area contributed by atoms with Crippen molar-refractivity contribution >= 4 is 5.91 Å². The summed E-state index contributed by atoms with van der Waals surface area (Å²) in [4.78, 5) is 19.1. The summed E-state index contributed by atoms with van der Waals surface area (Å²) in [5.74, 6) is 1.81. The number of benzene rings is 1. The van der Waals surface area contributed by atoms with Crippen LogP contribution < -0.4 is 4.74 Å². The van der Waals surface area contributed by atoms with E-state index in [0.29, 0.717) is 41.8 Å². The molecule has 152 valence electrons. The molecule has 1 aromatic carbocycles. The van der Waals surface area contributed by atoms with E-state index in [9.17, 15) is 4.79 Å². The van der Waals surface area contributed by atoms with Crippen LogP contribution in [0.2, 0.25) is 0 Å². The van der Waals surface area contributed by atoms with Crippen LogP contribution in [0.1, 0.15) is 54.8 Å². The molecule has 1 aliphatic rings. The van der Waals surface area contributed by atoms with E-state index in [4.69, 9.17) is 9.26 Å². The topological polar surface area (TPSA) is 99.2 Å². The number of carbonyl (C=O) groups is 1. The molecule has 0 bridgehead atoms. The molecule has 0 unspecified atom stereocenters. The third kappa shape index (κ3) is 3.85. The van der Waals surface area contributed by atoms with Crippen molar-refractivity contribution in [3.63, 3.8) is 0 Å². The van der Waals surface area contributed by atoms with Gasteiger partial charge in [-0.3, -0.25) is 4.79 Å². The fourth-order valence-electron chi connectivity index (χ4n) is 3.45. The Hall–Kier alpha value is -3.23. The van der Waals surface area contributed by atoms with E-state index in [0.717, 1.165) is 12.8 Å². The van der Waals surface area contributed by atoms with Crippen LogP contribution in [0.5, 0.6) is 5.75 Å². The first-order chi connectivity index (χ1) is 14.1. The minimum absolute atomic E-state index is 0.00717. The molecule has 9 heteroatoms. The van der Waals surface area contributed by atoms with E-state index in [1.54, 1.807) is 19.2 Å². The first-order valence-corrected chi connectivity index (χ1v) is 9.75.